The molecule has 0 bridgehead atoms. The molecule has 0 aliphatic heterocycles. The molecule has 1 unspecified atom stereocenters. The van der Waals surface area contributed by atoms with Crippen molar-refractivity contribution in [3.05, 3.63) is 35.9 Å². The Labute approximate surface area is 79.0 Å². The molecule has 2 heteroatoms. The fraction of sp³-hybridized carbons (Fsp3) is 0.364. The molecule has 2 nitrogen and oxygen atoms in total. The zero-order chi connectivity index (χ0) is 9.68. The summed E-state index contributed by atoms with van der Waals surface area (Å²) in [7, 11) is 1.67. The van der Waals surface area contributed by atoms with Gasteiger partial charge in [-0.3, -0.25) is 4.79 Å². The van der Waals surface area contributed by atoms with Crippen molar-refractivity contribution in [3.8, 4) is 0 Å². The number of likely N-dealkylation sites (N-methyl/N-ethyl adjacent to an activating group) is 1. The SMILES string of the molecule is CCC(C(=O)NC)c1ccccc1. The number of hydrogen-bond donors (Lipinski definition) is 1. The van der Waals surface area contributed by atoms with Crippen molar-refractivity contribution in [2.75, 3.05) is 7.05 Å². The fourth-order valence-corrected chi connectivity index (χ4v) is 1.43. The normalized spacial score (nSPS) is 12.2. The van der Waals surface area contributed by atoms with E-state index in [1.807, 2.05) is 37.3 Å². The van der Waals surface area contributed by atoms with Crippen LogP contribution in [-0.4, -0.2) is 13.0 Å². The third-order valence-electron chi connectivity index (χ3n) is 2.17. The summed E-state index contributed by atoms with van der Waals surface area (Å²) in [6.07, 6.45) is 0.837. The van der Waals surface area contributed by atoms with Gasteiger partial charge in [0.05, 0.1) is 5.92 Å². The summed E-state index contributed by atoms with van der Waals surface area (Å²) >= 11 is 0. The van der Waals surface area contributed by atoms with Crippen molar-refractivity contribution in [3.63, 3.8) is 0 Å². The van der Waals surface area contributed by atoms with Crippen LogP contribution in [-0.2, 0) is 4.79 Å². The molecular formula is C11H15NO. The number of carbonyl (C=O) groups excluding carboxylic acids is 1. The molecule has 13 heavy (non-hydrogen) atoms. The van der Waals surface area contributed by atoms with Crippen molar-refractivity contribution in [1.82, 2.24) is 5.32 Å². The van der Waals surface area contributed by atoms with E-state index in [2.05, 4.69) is 5.32 Å². The van der Waals surface area contributed by atoms with Crippen LogP contribution in [0.5, 0.6) is 0 Å². The predicted octanol–water partition coefficient (Wildman–Crippen LogP) is 1.93. The van der Waals surface area contributed by atoms with Crippen LogP contribution < -0.4 is 5.32 Å². The van der Waals surface area contributed by atoms with E-state index in [0.717, 1.165) is 12.0 Å². The Kier molecular flexibility index (Phi) is 3.50. The second-order valence-corrected chi connectivity index (χ2v) is 2.99. The molecule has 0 fully saturated rings. The van der Waals surface area contributed by atoms with Crippen LogP contribution in [0.3, 0.4) is 0 Å². The average Bonchev–Trinajstić information content (AvgIpc) is 2.20. The highest BCUT2D eigenvalue weighted by atomic mass is 16.1. The van der Waals surface area contributed by atoms with Gasteiger partial charge >= 0.3 is 0 Å². The Morgan fingerprint density at radius 2 is 2.00 bits per heavy atom. The largest absolute Gasteiger partial charge is 0.359 e. The van der Waals surface area contributed by atoms with Crippen LogP contribution in [0.15, 0.2) is 30.3 Å². The van der Waals surface area contributed by atoms with Crippen LogP contribution in [0.25, 0.3) is 0 Å². The number of nitrogens with one attached hydrogen (secondary N) is 1. The molecule has 1 N–H and O–H groups in total. The fourth-order valence-electron chi connectivity index (χ4n) is 1.43. The van der Waals surface area contributed by atoms with Gasteiger partial charge in [0, 0.05) is 7.05 Å². The second-order valence-electron chi connectivity index (χ2n) is 2.99. The molecule has 1 rings (SSSR count). The molecule has 0 aromatic heterocycles. The predicted molar refractivity (Wildman–Crippen MR) is 53.5 cm³/mol. The topological polar surface area (TPSA) is 29.1 Å². The van der Waals surface area contributed by atoms with Crippen LogP contribution in [0.4, 0.5) is 0 Å². The molecule has 1 amide bonds. The van der Waals surface area contributed by atoms with Crippen LogP contribution in [0.1, 0.15) is 24.8 Å². The van der Waals surface area contributed by atoms with Gasteiger partial charge in [0.2, 0.25) is 5.91 Å². The van der Waals surface area contributed by atoms with Crippen molar-refractivity contribution >= 4 is 5.91 Å². The minimum atomic E-state index is -0.00815. The lowest BCUT2D eigenvalue weighted by atomic mass is 9.96. The van der Waals surface area contributed by atoms with Gasteiger partial charge in [-0.1, -0.05) is 37.3 Å². The highest BCUT2D eigenvalue weighted by molar-refractivity contribution is 5.83. The highest BCUT2D eigenvalue weighted by Crippen LogP contribution is 2.18. The van der Waals surface area contributed by atoms with Gasteiger partial charge < -0.3 is 5.32 Å². The van der Waals surface area contributed by atoms with Crippen molar-refractivity contribution in [1.29, 1.82) is 0 Å². The van der Waals surface area contributed by atoms with Gasteiger partial charge in [-0.25, -0.2) is 0 Å². The molecule has 0 saturated heterocycles. The van der Waals surface area contributed by atoms with Gasteiger partial charge in [-0.05, 0) is 12.0 Å². The molecule has 0 heterocycles. The molecule has 0 aliphatic carbocycles. The van der Waals surface area contributed by atoms with E-state index in [4.69, 9.17) is 0 Å². The van der Waals surface area contributed by atoms with E-state index >= 15 is 0 Å². The Morgan fingerprint density at radius 3 is 2.46 bits per heavy atom. The van der Waals surface area contributed by atoms with Crippen LogP contribution in [0, 0.1) is 0 Å². The maximum absolute atomic E-state index is 11.4. The quantitative estimate of drug-likeness (QED) is 0.751. The van der Waals surface area contributed by atoms with Crippen molar-refractivity contribution in [2.45, 2.75) is 19.3 Å². The van der Waals surface area contributed by atoms with Crippen LogP contribution in [0.2, 0.25) is 0 Å². The lowest BCUT2D eigenvalue weighted by molar-refractivity contribution is -0.122. The third-order valence-corrected chi connectivity index (χ3v) is 2.17. The van der Waals surface area contributed by atoms with Gasteiger partial charge in [0.15, 0.2) is 0 Å². The number of benzene rings is 1. The van der Waals surface area contributed by atoms with E-state index in [9.17, 15) is 4.79 Å². The van der Waals surface area contributed by atoms with Gasteiger partial charge in [0.25, 0.3) is 0 Å². The van der Waals surface area contributed by atoms with Crippen molar-refractivity contribution < 1.29 is 4.79 Å². The summed E-state index contributed by atoms with van der Waals surface area (Å²) in [5, 5.41) is 2.68. The molecular weight excluding hydrogens is 162 g/mol. The van der Waals surface area contributed by atoms with E-state index in [-0.39, 0.29) is 11.8 Å². The summed E-state index contributed by atoms with van der Waals surface area (Å²) in [5.74, 6) is 0.0832. The smallest absolute Gasteiger partial charge is 0.227 e. The maximum atomic E-state index is 11.4. The Balaban J connectivity index is 2.85. The molecule has 0 spiro atoms. The van der Waals surface area contributed by atoms with Gasteiger partial charge in [-0.15, -0.1) is 0 Å². The first-order valence-electron chi connectivity index (χ1n) is 4.56. The summed E-state index contributed by atoms with van der Waals surface area (Å²) in [4.78, 5) is 11.4. The first-order chi connectivity index (χ1) is 6.29. The summed E-state index contributed by atoms with van der Waals surface area (Å²) in [6, 6.07) is 9.86. The highest BCUT2D eigenvalue weighted by Gasteiger charge is 2.15. The first-order valence-corrected chi connectivity index (χ1v) is 4.56. The molecule has 1 aromatic rings. The molecule has 0 radical (unpaired) electrons. The van der Waals surface area contributed by atoms with E-state index in [0.29, 0.717) is 0 Å². The lowest BCUT2D eigenvalue weighted by Crippen LogP contribution is -2.25. The van der Waals surface area contributed by atoms with Crippen LogP contribution >= 0.6 is 0 Å². The van der Waals surface area contributed by atoms with Gasteiger partial charge in [-0.2, -0.15) is 0 Å². The number of amides is 1. The maximum Gasteiger partial charge on any atom is 0.227 e. The number of carbonyl (C=O) groups is 1. The minimum absolute atomic E-state index is 0.00815. The number of rotatable bonds is 3. The zero-order valence-electron chi connectivity index (χ0n) is 8.08. The lowest BCUT2D eigenvalue weighted by Gasteiger charge is -2.12. The Bertz CT molecular complexity index is 269. The molecule has 1 aromatic carbocycles. The summed E-state index contributed by atoms with van der Waals surface area (Å²) < 4.78 is 0. The monoisotopic (exact) mass is 177 g/mol. The molecule has 70 valence electrons. The molecule has 1 atom stereocenters. The van der Waals surface area contributed by atoms with E-state index in [1.165, 1.54) is 0 Å². The third kappa shape index (κ3) is 2.31. The number of hydrogen-bond acceptors (Lipinski definition) is 1. The average molecular weight is 177 g/mol. The summed E-state index contributed by atoms with van der Waals surface area (Å²) in [5.41, 5.74) is 1.09. The second kappa shape index (κ2) is 4.65. The minimum Gasteiger partial charge on any atom is -0.359 e. The Hall–Kier alpha value is -1.31. The van der Waals surface area contributed by atoms with E-state index < -0.39 is 0 Å². The molecule has 0 saturated carbocycles. The standard InChI is InChI=1S/C11H15NO/c1-3-10(11(13)12-2)9-7-5-4-6-8-9/h4-8,10H,3H2,1-2H3,(H,12,13). The van der Waals surface area contributed by atoms with E-state index in [1.54, 1.807) is 7.05 Å². The Morgan fingerprint density at radius 1 is 1.38 bits per heavy atom. The van der Waals surface area contributed by atoms with Crippen molar-refractivity contribution in [2.24, 2.45) is 0 Å². The molecule has 0 aliphatic rings. The first kappa shape index (κ1) is 9.78. The van der Waals surface area contributed by atoms with Gasteiger partial charge in [0.1, 0.15) is 0 Å². The summed E-state index contributed by atoms with van der Waals surface area (Å²) in [6.45, 7) is 2.02. The zero-order valence-corrected chi connectivity index (χ0v) is 8.08.